The fourth-order valence-corrected chi connectivity index (χ4v) is 2.71. The molecular formula is C12H17N4O8P2S-5. The summed E-state index contributed by atoms with van der Waals surface area (Å²) in [5.41, 5.74) is 10.3. The fourth-order valence-electron chi connectivity index (χ4n) is 1.76. The molecule has 0 bridgehead atoms. The van der Waals surface area contributed by atoms with Crippen LogP contribution in [0.5, 0.6) is 0 Å². The van der Waals surface area contributed by atoms with Crippen LogP contribution in [0.1, 0.15) is 28.9 Å². The van der Waals surface area contributed by atoms with Crippen LogP contribution in [0.15, 0.2) is 11.7 Å². The van der Waals surface area contributed by atoms with Crippen LogP contribution < -0.4 is 39.7 Å². The summed E-state index contributed by atoms with van der Waals surface area (Å²) in [7, 11) is -10.8. The van der Waals surface area contributed by atoms with E-state index in [1.54, 1.807) is 11.3 Å². The van der Waals surface area contributed by atoms with E-state index in [0.29, 0.717) is 11.6 Å². The smallest absolute Gasteiger partial charge is 0.225 e. The van der Waals surface area contributed by atoms with Gasteiger partial charge in [-0.1, -0.05) is 18.3 Å². The first-order valence-corrected chi connectivity index (χ1v) is 10.9. The summed E-state index contributed by atoms with van der Waals surface area (Å²) >= 11 is 1.79. The van der Waals surface area contributed by atoms with Crippen LogP contribution in [0.4, 0.5) is 5.82 Å². The number of nitrogen functional groups attached to an aromatic ring is 1. The first-order valence-electron chi connectivity index (χ1n) is 7.12. The first-order chi connectivity index (χ1) is 12.1. The summed E-state index contributed by atoms with van der Waals surface area (Å²) in [5.74, 6) is 1.29. The molecule has 0 spiro atoms. The number of nitrogens with two attached hydrogens (primary N) is 1. The summed E-state index contributed by atoms with van der Waals surface area (Å²) in [4.78, 5) is 61.1. The molecule has 2 aromatic rings. The van der Waals surface area contributed by atoms with Crippen LogP contribution in [0.25, 0.3) is 0 Å². The van der Waals surface area contributed by atoms with Gasteiger partial charge in [0.1, 0.15) is 11.6 Å². The predicted molar refractivity (Wildman–Crippen MR) is 84.1 cm³/mol. The van der Waals surface area contributed by atoms with E-state index in [1.807, 2.05) is 13.1 Å². The standard InChI is InChI=1S/C12H17N4S.2H3O4P/c1-4-11-8(2)16(7-17-11)6-10-5-14-9(3)15-12(10)13;2*1-5(2,3)4/h5,7H,4,6H2,1-3H3,(H2,13,14,15);2*(H3,1,2,3,4)/q+1;;/p-6. The van der Waals surface area contributed by atoms with Gasteiger partial charge < -0.3 is 44.2 Å². The van der Waals surface area contributed by atoms with Crippen LogP contribution in [-0.4, -0.2) is 9.97 Å². The lowest BCUT2D eigenvalue weighted by atomic mass is 10.2. The average molecular weight is 439 g/mol. The van der Waals surface area contributed by atoms with Gasteiger partial charge in [0, 0.05) is 13.1 Å². The number of hydrogen-bond acceptors (Lipinski definition) is 12. The van der Waals surface area contributed by atoms with Crippen LogP contribution in [0.3, 0.4) is 0 Å². The van der Waals surface area contributed by atoms with Gasteiger partial charge >= 0.3 is 0 Å². The topological polar surface area (TPSA) is 228 Å². The number of rotatable bonds is 3. The van der Waals surface area contributed by atoms with Gasteiger partial charge in [-0.3, -0.25) is 0 Å². The van der Waals surface area contributed by atoms with E-state index in [1.165, 1.54) is 10.6 Å². The quantitative estimate of drug-likeness (QED) is 0.357. The Morgan fingerprint density at radius 2 is 1.59 bits per heavy atom. The molecule has 0 aliphatic heterocycles. The Hall–Kier alpha value is -1.27. The van der Waals surface area contributed by atoms with E-state index < -0.39 is 15.6 Å². The highest BCUT2D eigenvalue weighted by Crippen LogP contribution is 2.13. The maximum Gasteiger partial charge on any atom is 0.225 e. The minimum absolute atomic E-state index is 0.577. The molecule has 2 N–H and O–H groups in total. The van der Waals surface area contributed by atoms with Crippen molar-refractivity contribution in [1.29, 1.82) is 0 Å². The molecule has 0 saturated heterocycles. The van der Waals surface area contributed by atoms with Crippen molar-refractivity contribution in [3.05, 3.63) is 33.7 Å². The molecule has 15 heteroatoms. The van der Waals surface area contributed by atoms with E-state index in [9.17, 15) is 0 Å². The predicted octanol–water partition coefficient (Wildman–Crippen LogP) is -4.01. The first kappa shape index (κ1) is 25.7. The lowest BCUT2D eigenvalue weighted by Gasteiger charge is -2.36. The SMILES string of the molecule is CCc1sc[n+](Cc2cnc(C)nc2N)c1C.O=P([O-])([O-])[O-].O=P([O-])([O-])[O-]. The van der Waals surface area contributed by atoms with Crippen LogP contribution >= 0.6 is 27.0 Å². The minimum Gasteiger partial charge on any atom is -0.822 e. The number of aryl methyl sites for hydroxylation is 2. The zero-order chi connectivity index (χ0) is 21.4. The second kappa shape index (κ2) is 10.9. The normalized spacial score (nSPS) is 11.1. The van der Waals surface area contributed by atoms with Crippen molar-refractivity contribution in [2.45, 2.75) is 33.7 Å². The third-order valence-corrected chi connectivity index (χ3v) is 4.07. The largest absolute Gasteiger partial charge is 0.822 e. The third kappa shape index (κ3) is 13.5. The number of thiazole rings is 1. The molecule has 0 aromatic carbocycles. The zero-order valence-electron chi connectivity index (χ0n) is 14.6. The Morgan fingerprint density at radius 1 is 1.11 bits per heavy atom. The molecule has 2 rings (SSSR count). The molecule has 0 aliphatic carbocycles. The fraction of sp³-hybridized carbons (Fsp3) is 0.417. The molecule has 2 heterocycles. The average Bonchev–Trinajstić information content (AvgIpc) is 2.79. The van der Waals surface area contributed by atoms with Crippen LogP contribution in [0.2, 0.25) is 0 Å². The summed E-state index contributed by atoms with van der Waals surface area (Å²) in [6.45, 7) is 6.90. The lowest BCUT2D eigenvalue weighted by molar-refractivity contribution is -0.689. The van der Waals surface area contributed by atoms with Gasteiger partial charge in [-0.05, 0) is 13.3 Å². The van der Waals surface area contributed by atoms with Gasteiger partial charge in [-0.25, -0.2) is 9.97 Å². The molecule has 27 heavy (non-hydrogen) atoms. The second-order valence-corrected chi connectivity index (χ2v) is 7.66. The van der Waals surface area contributed by atoms with Gasteiger partial charge in [-0.2, -0.15) is 20.2 Å². The number of hydrogen-bond donors (Lipinski definition) is 1. The summed E-state index contributed by atoms with van der Waals surface area (Å²) in [6, 6.07) is 0. The molecule has 0 unspecified atom stereocenters. The number of aromatic nitrogens is 3. The van der Waals surface area contributed by atoms with E-state index in [0.717, 1.165) is 18.5 Å². The Balaban J connectivity index is 0.000000563. The maximum atomic E-state index is 8.55. The van der Waals surface area contributed by atoms with Crippen molar-refractivity contribution in [1.82, 2.24) is 9.97 Å². The zero-order valence-corrected chi connectivity index (χ0v) is 17.2. The molecule has 0 saturated carbocycles. The molecular weight excluding hydrogens is 422 g/mol. The number of phosphoric acid groups is 2. The minimum atomic E-state index is -5.39. The Morgan fingerprint density at radius 3 is 1.96 bits per heavy atom. The van der Waals surface area contributed by atoms with Crippen LogP contribution in [-0.2, 0) is 22.1 Å². The Bertz CT molecular complexity index is 798. The van der Waals surface area contributed by atoms with Gasteiger partial charge in [-0.15, -0.1) is 0 Å². The summed E-state index contributed by atoms with van der Waals surface area (Å²) in [6.07, 6.45) is 2.89. The molecule has 2 aromatic heterocycles. The van der Waals surface area contributed by atoms with Gasteiger partial charge in [0.25, 0.3) is 0 Å². The summed E-state index contributed by atoms with van der Waals surface area (Å²) < 4.78 is 19.3. The molecule has 12 nitrogen and oxygen atoms in total. The van der Waals surface area contributed by atoms with Crippen molar-refractivity contribution >= 4 is 32.8 Å². The molecule has 0 fully saturated rings. The summed E-state index contributed by atoms with van der Waals surface area (Å²) in [5, 5.41) is 0. The van der Waals surface area contributed by atoms with Crippen molar-refractivity contribution in [3.63, 3.8) is 0 Å². The van der Waals surface area contributed by atoms with Crippen molar-refractivity contribution in [2.75, 3.05) is 5.73 Å². The molecule has 0 radical (unpaired) electrons. The highest BCUT2D eigenvalue weighted by molar-refractivity contribution is 7.40. The Labute approximate surface area is 159 Å². The monoisotopic (exact) mass is 439 g/mol. The molecule has 154 valence electrons. The highest BCUT2D eigenvalue weighted by Gasteiger charge is 2.16. The number of anilines is 1. The van der Waals surface area contributed by atoms with Gasteiger partial charge in [0.05, 0.1) is 10.4 Å². The molecule has 0 atom stereocenters. The number of nitrogens with zero attached hydrogens (tertiary/aromatic N) is 3. The lowest BCUT2D eigenvalue weighted by Crippen LogP contribution is -2.35. The second-order valence-electron chi connectivity index (χ2n) is 4.94. The van der Waals surface area contributed by atoms with Crippen LogP contribution in [0, 0.1) is 13.8 Å². The van der Waals surface area contributed by atoms with Crippen molar-refractivity contribution in [2.24, 2.45) is 0 Å². The highest BCUT2D eigenvalue weighted by atomic mass is 32.1. The molecule has 0 aliphatic rings. The molecule has 0 amide bonds. The van der Waals surface area contributed by atoms with Gasteiger partial charge in [0.15, 0.2) is 12.2 Å². The van der Waals surface area contributed by atoms with E-state index >= 15 is 0 Å². The Kier molecular flexibility index (Phi) is 10.4. The van der Waals surface area contributed by atoms with E-state index in [2.05, 4.69) is 33.9 Å². The third-order valence-electron chi connectivity index (χ3n) is 2.84. The van der Waals surface area contributed by atoms with Crippen molar-refractivity contribution < 1.29 is 43.1 Å². The van der Waals surface area contributed by atoms with Gasteiger partial charge in [0.2, 0.25) is 5.51 Å². The van der Waals surface area contributed by atoms with E-state index in [4.69, 9.17) is 44.2 Å². The van der Waals surface area contributed by atoms with E-state index in [-0.39, 0.29) is 0 Å². The maximum absolute atomic E-state index is 8.55. The van der Waals surface area contributed by atoms with Crippen molar-refractivity contribution in [3.8, 4) is 0 Å².